The maximum Gasteiger partial charge on any atom is 0.264 e. The van der Waals surface area contributed by atoms with Crippen LogP contribution in [0.15, 0.2) is 48.7 Å². The smallest absolute Gasteiger partial charge is 0.264 e. The normalized spacial score (nSPS) is 15.0. The Morgan fingerprint density at radius 1 is 1.18 bits per heavy atom. The summed E-state index contributed by atoms with van der Waals surface area (Å²) in [5.74, 6) is -0.407. The van der Waals surface area contributed by atoms with E-state index in [1.54, 1.807) is 24.0 Å². The molecule has 0 spiro atoms. The molecule has 1 N–H and O–H groups in total. The second-order valence-electron chi connectivity index (χ2n) is 8.39. The second kappa shape index (κ2) is 9.25. The van der Waals surface area contributed by atoms with Gasteiger partial charge in [0, 0.05) is 48.9 Å². The largest absolute Gasteiger partial charge is 0.378 e. The highest BCUT2D eigenvalue weighted by Crippen LogP contribution is 2.34. The molecule has 33 heavy (non-hydrogen) atoms. The Bertz CT molecular complexity index is 1240. The number of aromatic nitrogens is 1. The molecule has 1 amide bonds. The minimum absolute atomic E-state index is 0.0120. The van der Waals surface area contributed by atoms with Gasteiger partial charge in [-0.3, -0.25) is 9.78 Å². The van der Waals surface area contributed by atoms with Gasteiger partial charge >= 0.3 is 0 Å². The van der Waals surface area contributed by atoms with Crippen molar-refractivity contribution in [3.8, 4) is 0 Å². The third kappa shape index (κ3) is 4.58. The number of hydrogen-bond acceptors (Lipinski definition) is 3. The highest BCUT2D eigenvalue weighted by Gasteiger charge is 2.19. The van der Waals surface area contributed by atoms with Gasteiger partial charge in [0.25, 0.3) is 6.43 Å². The highest BCUT2D eigenvalue weighted by molar-refractivity contribution is 5.94. The van der Waals surface area contributed by atoms with Crippen molar-refractivity contribution in [2.45, 2.75) is 39.7 Å². The lowest BCUT2D eigenvalue weighted by Crippen LogP contribution is -2.32. The van der Waals surface area contributed by atoms with Crippen LogP contribution in [0.2, 0.25) is 0 Å². The Labute approximate surface area is 191 Å². The summed E-state index contributed by atoms with van der Waals surface area (Å²) >= 11 is 0. The average Bonchev–Trinajstić information content (AvgIpc) is 2.79. The average molecular weight is 454 g/mol. The van der Waals surface area contributed by atoms with Gasteiger partial charge in [-0.05, 0) is 60.7 Å². The van der Waals surface area contributed by atoms with Crippen LogP contribution in [0.4, 0.5) is 18.9 Å². The topological polar surface area (TPSA) is 45.2 Å². The van der Waals surface area contributed by atoms with E-state index >= 15 is 0 Å². The van der Waals surface area contributed by atoms with Gasteiger partial charge in [0.2, 0.25) is 5.91 Å². The Hall–Kier alpha value is -3.35. The molecule has 1 aliphatic heterocycles. The van der Waals surface area contributed by atoms with Crippen LogP contribution in [0, 0.1) is 12.7 Å². The molecule has 1 aromatic heterocycles. The molecule has 0 fully saturated rings. The van der Waals surface area contributed by atoms with Crippen molar-refractivity contribution in [1.82, 2.24) is 9.88 Å². The fourth-order valence-corrected chi connectivity index (χ4v) is 4.43. The van der Waals surface area contributed by atoms with E-state index in [4.69, 9.17) is 0 Å². The fourth-order valence-electron chi connectivity index (χ4n) is 4.43. The molecule has 0 unspecified atom stereocenters. The maximum atomic E-state index is 15.0. The molecule has 0 bridgehead atoms. The van der Waals surface area contributed by atoms with E-state index in [-0.39, 0.29) is 23.0 Å². The van der Waals surface area contributed by atoms with Crippen molar-refractivity contribution in [1.29, 1.82) is 0 Å². The summed E-state index contributed by atoms with van der Waals surface area (Å²) in [6.07, 6.45) is 1.59. The number of anilines is 1. The second-order valence-corrected chi connectivity index (χ2v) is 8.39. The lowest BCUT2D eigenvalue weighted by Gasteiger charge is -2.26. The third-order valence-corrected chi connectivity index (χ3v) is 6.31. The number of nitrogens with zero attached hydrogens (tertiary/aromatic N) is 2. The number of halogens is 3. The number of fused-ring (bicyclic) bond motifs is 1. The van der Waals surface area contributed by atoms with Crippen LogP contribution in [-0.2, 0) is 4.79 Å². The summed E-state index contributed by atoms with van der Waals surface area (Å²) in [5.41, 5.74) is 3.97. The number of hydrogen-bond donors (Lipinski definition) is 1. The van der Waals surface area contributed by atoms with Gasteiger partial charge in [-0.2, -0.15) is 0 Å². The van der Waals surface area contributed by atoms with E-state index in [0.717, 1.165) is 16.7 Å². The molecule has 2 heterocycles. The van der Waals surface area contributed by atoms with E-state index in [1.165, 1.54) is 25.3 Å². The number of pyridine rings is 1. The SMILES string of the molecule is CC(=O)N1CC=C(c2cc(F)c3nccc(N[C@H](C)c4cccc(C(F)F)c4C)c3c2)CC1. The van der Waals surface area contributed by atoms with Crippen molar-refractivity contribution in [3.05, 3.63) is 76.7 Å². The molecule has 0 radical (unpaired) electrons. The zero-order valence-electron chi connectivity index (χ0n) is 18.8. The van der Waals surface area contributed by atoms with Gasteiger partial charge in [-0.25, -0.2) is 13.2 Å². The van der Waals surface area contributed by atoms with Gasteiger partial charge in [-0.1, -0.05) is 24.3 Å². The molecule has 1 atom stereocenters. The summed E-state index contributed by atoms with van der Waals surface area (Å²) in [6, 6.07) is 9.75. The van der Waals surface area contributed by atoms with Crippen molar-refractivity contribution >= 4 is 28.1 Å². The zero-order valence-corrected chi connectivity index (χ0v) is 18.8. The molecule has 1 aliphatic rings. The van der Waals surface area contributed by atoms with Crippen molar-refractivity contribution in [2.75, 3.05) is 18.4 Å². The van der Waals surface area contributed by atoms with E-state index in [9.17, 15) is 18.0 Å². The van der Waals surface area contributed by atoms with E-state index in [1.807, 2.05) is 25.1 Å². The van der Waals surface area contributed by atoms with Crippen LogP contribution in [0.1, 0.15) is 55.0 Å². The Morgan fingerprint density at radius 3 is 2.61 bits per heavy atom. The fraction of sp³-hybridized carbons (Fsp3) is 0.308. The minimum atomic E-state index is -2.54. The molecular weight excluding hydrogens is 427 g/mol. The van der Waals surface area contributed by atoms with Gasteiger partial charge in [0.15, 0.2) is 0 Å². The van der Waals surface area contributed by atoms with Crippen LogP contribution < -0.4 is 5.32 Å². The van der Waals surface area contributed by atoms with Crippen LogP contribution >= 0.6 is 0 Å². The maximum absolute atomic E-state index is 15.0. The monoisotopic (exact) mass is 453 g/mol. The molecular formula is C26H26F3N3O. The van der Waals surface area contributed by atoms with Gasteiger partial charge < -0.3 is 10.2 Å². The van der Waals surface area contributed by atoms with E-state index < -0.39 is 12.2 Å². The highest BCUT2D eigenvalue weighted by atomic mass is 19.3. The van der Waals surface area contributed by atoms with Crippen LogP contribution in [0.5, 0.6) is 0 Å². The molecule has 3 aromatic rings. The number of amides is 1. The summed E-state index contributed by atoms with van der Waals surface area (Å²) in [4.78, 5) is 17.6. The number of benzene rings is 2. The van der Waals surface area contributed by atoms with Gasteiger partial charge in [0.1, 0.15) is 11.3 Å². The lowest BCUT2D eigenvalue weighted by molar-refractivity contribution is -0.128. The number of nitrogens with one attached hydrogen (secondary N) is 1. The molecule has 7 heteroatoms. The summed E-state index contributed by atoms with van der Waals surface area (Å²) in [6.45, 7) is 6.22. The zero-order chi connectivity index (χ0) is 23.7. The molecule has 0 saturated carbocycles. The van der Waals surface area contributed by atoms with Crippen LogP contribution in [-0.4, -0.2) is 28.9 Å². The number of alkyl halides is 2. The third-order valence-electron chi connectivity index (χ3n) is 6.31. The quantitative estimate of drug-likeness (QED) is 0.484. The first-order valence-electron chi connectivity index (χ1n) is 10.9. The molecule has 172 valence electrons. The Kier molecular flexibility index (Phi) is 6.40. The summed E-state index contributed by atoms with van der Waals surface area (Å²) in [7, 11) is 0. The van der Waals surface area contributed by atoms with E-state index in [0.29, 0.717) is 36.1 Å². The molecule has 0 aliphatic carbocycles. The number of rotatable bonds is 5. The molecule has 0 saturated heterocycles. The Morgan fingerprint density at radius 2 is 1.94 bits per heavy atom. The first-order valence-corrected chi connectivity index (χ1v) is 10.9. The van der Waals surface area contributed by atoms with E-state index in [2.05, 4.69) is 10.3 Å². The predicted molar refractivity (Wildman–Crippen MR) is 125 cm³/mol. The Balaban J connectivity index is 1.69. The van der Waals surface area contributed by atoms with Crippen LogP contribution in [0.3, 0.4) is 0 Å². The summed E-state index contributed by atoms with van der Waals surface area (Å²) < 4.78 is 41.7. The molecule has 4 rings (SSSR count). The predicted octanol–water partition coefficient (Wildman–Crippen LogP) is 6.43. The lowest BCUT2D eigenvalue weighted by atomic mass is 9.96. The van der Waals surface area contributed by atoms with Crippen LogP contribution in [0.25, 0.3) is 16.5 Å². The minimum Gasteiger partial charge on any atom is -0.378 e. The number of carbonyl (C=O) groups excluding carboxylic acids is 1. The van der Waals surface area contributed by atoms with Crippen molar-refractivity contribution in [2.24, 2.45) is 0 Å². The van der Waals surface area contributed by atoms with Gasteiger partial charge in [0.05, 0.1) is 0 Å². The summed E-state index contributed by atoms with van der Waals surface area (Å²) in [5, 5.41) is 3.99. The van der Waals surface area contributed by atoms with Gasteiger partial charge in [-0.15, -0.1) is 0 Å². The molecule has 4 nitrogen and oxygen atoms in total. The van der Waals surface area contributed by atoms with Crippen molar-refractivity contribution in [3.63, 3.8) is 0 Å². The molecule has 2 aromatic carbocycles. The standard InChI is InChI=1S/C26H26F3N3O/c1-15-20(5-4-6-21(15)26(28)29)16(2)31-24-7-10-30-25-22(24)13-19(14-23(25)27)18-8-11-32(12-9-18)17(3)33/h4-8,10,13-14,16,26H,9,11-12H2,1-3H3,(H,30,31)/t16-/m1/s1. The van der Waals surface area contributed by atoms with Crippen molar-refractivity contribution < 1.29 is 18.0 Å². The first-order chi connectivity index (χ1) is 15.8. The number of carbonyl (C=O) groups is 1. The first kappa shape index (κ1) is 22.8.